The van der Waals surface area contributed by atoms with Gasteiger partial charge in [0.2, 0.25) is 11.8 Å². The van der Waals surface area contributed by atoms with E-state index in [9.17, 15) is 9.59 Å². The predicted molar refractivity (Wildman–Crippen MR) is 79.6 cm³/mol. The molecule has 2 amide bonds. The Kier molecular flexibility index (Phi) is 3.92. The first-order valence-corrected chi connectivity index (χ1v) is 7.48. The summed E-state index contributed by atoms with van der Waals surface area (Å²) >= 11 is 0. The number of amides is 2. The van der Waals surface area contributed by atoms with E-state index in [1.165, 1.54) is 11.1 Å². The molecule has 0 aliphatic carbocycles. The Bertz CT molecular complexity index is 558. The van der Waals surface area contributed by atoms with E-state index >= 15 is 0 Å². The minimum absolute atomic E-state index is 0.0251. The smallest absolute Gasteiger partial charge is 0.241 e. The first-order valence-electron chi connectivity index (χ1n) is 7.48. The van der Waals surface area contributed by atoms with E-state index in [1.807, 2.05) is 12.1 Å². The van der Waals surface area contributed by atoms with Gasteiger partial charge in [-0.05, 0) is 24.0 Å². The van der Waals surface area contributed by atoms with Gasteiger partial charge in [-0.1, -0.05) is 24.3 Å². The molecule has 0 spiro atoms. The fourth-order valence-corrected chi connectivity index (χ4v) is 3.02. The van der Waals surface area contributed by atoms with Gasteiger partial charge in [-0.25, -0.2) is 0 Å². The summed E-state index contributed by atoms with van der Waals surface area (Å²) in [6, 6.07) is 7.99. The lowest BCUT2D eigenvalue weighted by molar-refractivity contribution is -0.139. The fourth-order valence-electron chi connectivity index (χ4n) is 3.02. The summed E-state index contributed by atoms with van der Waals surface area (Å²) in [4.78, 5) is 28.0. The molecule has 2 aliphatic rings. The van der Waals surface area contributed by atoms with Gasteiger partial charge in [0.15, 0.2) is 0 Å². The van der Waals surface area contributed by atoms with Crippen molar-refractivity contribution < 1.29 is 9.59 Å². The zero-order valence-electron chi connectivity index (χ0n) is 12.3. The van der Waals surface area contributed by atoms with Crippen molar-refractivity contribution in [3.05, 3.63) is 35.4 Å². The Morgan fingerprint density at radius 3 is 2.81 bits per heavy atom. The van der Waals surface area contributed by atoms with Crippen LogP contribution < -0.4 is 5.32 Å². The molecule has 5 heteroatoms. The van der Waals surface area contributed by atoms with Crippen molar-refractivity contribution in [1.82, 2.24) is 15.1 Å². The third-order valence-electron chi connectivity index (χ3n) is 4.36. The normalized spacial score (nSPS) is 22.7. The van der Waals surface area contributed by atoms with Gasteiger partial charge in [-0.3, -0.25) is 9.59 Å². The van der Waals surface area contributed by atoms with Gasteiger partial charge in [-0.2, -0.15) is 0 Å². The molecule has 0 bridgehead atoms. The molecule has 0 radical (unpaired) electrons. The molecule has 1 atom stereocenters. The number of hydrogen-bond donors (Lipinski definition) is 1. The van der Waals surface area contributed by atoms with E-state index < -0.39 is 0 Å². The molecular weight excluding hydrogens is 266 g/mol. The van der Waals surface area contributed by atoms with Crippen molar-refractivity contribution in [3.63, 3.8) is 0 Å². The molecule has 1 saturated heterocycles. The highest BCUT2D eigenvalue weighted by molar-refractivity contribution is 5.88. The van der Waals surface area contributed by atoms with Gasteiger partial charge in [0.25, 0.3) is 0 Å². The summed E-state index contributed by atoms with van der Waals surface area (Å²) in [5.74, 6) is 0.0743. The van der Waals surface area contributed by atoms with Gasteiger partial charge >= 0.3 is 0 Å². The number of carbonyl (C=O) groups is 2. The zero-order chi connectivity index (χ0) is 14.8. The number of benzene rings is 1. The average molecular weight is 287 g/mol. The van der Waals surface area contributed by atoms with Crippen LogP contribution in [0.2, 0.25) is 0 Å². The molecule has 2 heterocycles. The van der Waals surface area contributed by atoms with Crippen molar-refractivity contribution in [3.8, 4) is 0 Å². The number of rotatable bonds is 1. The summed E-state index contributed by atoms with van der Waals surface area (Å²) in [6.45, 7) is 2.31. The van der Waals surface area contributed by atoms with Gasteiger partial charge in [0.05, 0.1) is 12.6 Å². The maximum atomic E-state index is 12.7. The predicted octanol–water partition coefficient (Wildman–Crippen LogP) is 0.392. The number of nitrogens with zero attached hydrogens (tertiary/aromatic N) is 2. The van der Waals surface area contributed by atoms with Gasteiger partial charge < -0.3 is 15.1 Å². The number of nitrogens with one attached hydrogen (secondary N) is 1. The van der Waals surface area contributed by atoms with Gasteiger partial charge in [-0.15, -0.1) is 0 Å². The SMILES string of the molecule is CN1CCCN(C(=O)[C@H]2Cc3ccccc3CN2)CC1=O. The van der Waals surface area contributed by atoms with E-state index in [0.717, 1.165) is 13.0 Å². The second kappa shape index (κ2) is 5.85. The van der Waals surface area contributed by atoms with Crippen molar-refractivity contribution in [1.29, 1.82) is 0 Å². The topological polar surface area (TPSA) is 52.6 Å². The van der Waals surface area contributed by atoms with E-state index in [1.54, 1.807) is 16.8 Å². The summed E-state index contributed by atoms with van der Waals surface area (Å²) < 4.78 is 0. The van der Waals surface area contributed by atoms with Crippen LogP contribution in [0, 0.1) is 0 Å². The van der Waals surface area contributed by atoms with Crippen molar-refractivity contribution in [2.24, 2.45) is 0 Å². The van der Waals surface area contributed by atoms with E-state index in [-0.39, 0.29) is 24.4 Å². The van der Waals surface area contributed by atoms with E-state index in [2.05, 4.69) is 17.4 Å². The number of hydrogen-bond acceptors (Lipinski definition) is 3. The molecule has 1 aromatic carbocycles. The minimum atomic E-state index is -0.212. The first kappa shape index (κ1) is 14.1. The monoisotopic (exact) mass is 287 g/mol. The van der Waals surface area contributed by atoms with Crippen LogP contribution in [0.4, 0.5) is 0 Å². The van der Waals surface area contributed by atoms with Crippen LogP contribution in [0.5, 0.6) is 0 Å². The maximum absolute atomic E-state index is 12.7. The third kappa shape index (κ3) is 2.93. The molecule has 21 heavy (non-hydrogen) atoms. The van der Waals surface area contributed by atoms with E-state index in [4.69, 9.17) is 0 Å². The molecule has 1 aromatic rings. The summed E-state index contributed by atoms with van der Waals surface area (Å²) in [5, 5.41) is 3.30. The standard InChI is InChI=1S/C16H21N3O2/c1-18-7-4-8-19(11-15(18)20)16(21)14-9-12-5-2-3-6-13(12)10-17-14/h2-3,5-6,14,17H,4,7-11H2,1H3/t14-/m1/s1. The van der Waals surface area contributed by atoms with Crippen LogP contribution in [-0.4, -0.2) is 54.3 Å². The lowest BCUT2D eigenvalue weighted by atomic mass is 9.95. The Balaban J connectivity index is 1.70. The highest BCUT2D eigenvalue weighted by Gasteiger charge is 2.30. The molecule has 112 valence electrons. The Labute approximate surface area is 124 Å². The molecule has 1 N–H and O–H groups in total. The van der Waals surface area contributed by atoms with Crippen molar-refractivity contribution in [2.75, 3.05) is 26.7 Å². The largest absolute Gasteiger partial charge is 0.344 e. The molecule has 1 fully saturated rings. The first-order chi connectivity index (χ1) is 10.1. The number of likely N-dealkylation sites (N-methyl/N-ethyl adjacent to an activating group) is 1. The van der Waals surface area contributed by atoms with E-state index in [0.29, 0.717) is 19.5 Å². The Hall–Kier alpha value is -1.88. The van der Waals surface area contributed by atoms with Crippen molar-refractivity contribution in [2.45, 2.75) is 25.4 Å². The van der Waals surface area contributed by atoms with Crippen LogP contribution in [0.1, 0.15) is 17.5 Å². The van der Waals surface area contributed by atoms with Crippen LogP contribution in [0.3, 0.4) is 0 Å². The average Bonchev–Trinajstić information content (AvgIpc) is 2.68. The number of fused-ring (bicyclic) bond motifs is 1. The van der Waals surface area contributed by atoms with Crippen LogP contribution in [0.15, 0.2) is 24.3 Å². The third-order valence-corrected chi connectivity index (χ3v) is 4.36. The van der Waals surface area contributed by atoms with Gasteiger partial charge in [0, 0.05) is 26.7 Å². The maximum Gasteiger partial charge on any atom is 0.241 e. The Morgan fingerprint density at radius 1 is 1.24 bits per heavy atom. The molecule has 3 rings (SSSR count). The van der Waals surface area contributed by atoms with Crippen molar-refractivity contribution >= 4 is 11.8 Å². The highest BCUT2D eigenvalue weighted by Crippen LogP contribution is 2.18. The summed E-state index contributed by atoms with van der Waals surface area (Å²) in [7, 11) is 1.80. The summed E-state index contributed by atoms with van der Waals surface area (Å²) in [5.41, 5.74) is 2.49. The molecule has 0 aromatic heterocycles. The van der Waals surface area contributed by atoms with Gasteiger partial charge in [0.1, 0.15) is 0 Å². The molecule has 5 nitrogen and oxygen atoms in total. The number of carbonyl (C=O) groups excluding carboxylic acids is 2. The quantitative estimate of drug-likeness (QED) is 0.813. The highest BCUT2D eigenvalue weighted by atomic mass is 16.2. The second-order valence-corrected chi connectivity index (χ2v) is 5.83. The lowest BCUT2D eigenvalue weighted by Gasteiger charge is -2.30. The fraction of sp³-hybridized carbons (Fsp3) is 0.500. The molecule has 2 aliphatic heterocycles. The molecular formula is C16H21N3O2. The lowest BCUT2D eigenvalue weighted by Crippen LogP contribution is -2.51. The molecule has 0 saturated carbocycles. The van der Waals surface area contributed by atoms with Crippen LogP contribution in [0.25, 0.3) is 0 Å². The minimum Gasteiger partial charge on any atom is -0.344 e. The van der Waals surface area contributed by atoms with Crippen LogP contribution >= 0.6 is 0 Å². The summed E-state index contributed by atoms with van der Waals surface area (Å²) in [6.07, 6.45) is 1.55. The van der Waals surface area contributed by atoms with Crippen LogP contribution in [-0.2, 0) is 22.6 Å². The zero-order valence-corrected chi connectivity index (χ0v) is 12.3. The molecule has 0 unspecified atom stereocenters. The Morgan fingerprint density at radius 2 is 2.00 bits per heavy atom. The second-order valence-electron chi connectivity index (χ2n) is 5.83.